The lowest BCUT2D eigenvalue weighted by Crippen LogP contribution is -2.18. The zero-order valence-corrected chi connectivity index (χ0v) is 21.8. The van der Waals surface area contributed by atoms with Gasteiger partial charge in [0.1, 0.15) is 0 Å². The minimum absolute atomic E-state index is 0.00308. The van der Waals surface area contributed by atoms with Crippen molar-refractivity contribution in [1.29, 1.82) is 0 Å². The predicted molar refractivity (Wildman–Crippen MR) is 156 cm³/mol. The summed E-state index contributed by atoms with van der Waals surface area (Å²) >= 11 is 0. The van der Waals surface area contributed by atoms with Gasteiger partial charge < -0.3 is 4.57 Å². The summed E-state index contributed by atoms with van der Waals surface area (Å²) in [5, 5.41) is 2.64. The van der Waals surface area contributed by atoms with Gasteiger partial charge in [-0.05, 0) is 62.7 Å². The standard InChI is InChI=1S/C36H29N/c1-35(2)27-16-10-8-15-25(27)31-28(35)20-21-29-32(31)26-19-18-24-23-14-9-11-17-30(23)37(22-12-6-5-7-13-22)34(24)33(26)36(29,3)4/h5-21H,1-4H3. The first-order valence-corrected chi connectivity index (χ1v) is 13.3. The van der Waals surface area contributed by atoms with E-state index in [1.165, 1.54) is 72.0 Å². The van der Waals surface area contributed by atoms with E-state index in [0.717, 1.165) is 0 Å². The molecule has 0 atom stereocenters. The fourth-order valence-corrected chi connectivity index (χ4v) is 7.47. The molecule has 0 amide bonds. The summed E-state index contributed by atoms with van der Waals surface area (Å²) in [5.74, 6) is 0. The van der Waals surface area contributed by atoms with Crippen molar-refractivity contribution in [2.75, 3.05) is 0 Å². The van der Waals surface area contributed by atoms with Crippen LogP contribution in [0.4, 0.5) is 0 Å². The minimum atomic E-state index is -0.123. The molecule has 0 saturated carbocycles. The van der Waals surface area contributed by atoms with E-state index in [1.807, 2.05) is 0 Å². The molecule has 0 unspecified atom stereocenters. The third kappa shape index (κ3) is 2.45. The molecule has 0 saturated heterocycles. The molecule has 0 radical (unpaired) electrons. The molecule has 178 valence electrons. The van der Waals surface area contributed by atoms with E-state index < -0.39 is 0 Å². The fourth-order valence-electron chi connectivity index (χ4n) is 7.47. The number of fused-ring (bicyclic) bond motifs is 11. The molecule has 1 aromatic heterocycles. The molecule has 0 fully saturated rings. The van der Waals surface area contributed by atoms with E-state index in [1.54, 1.807) is 0 Å². The van der Waals surface area contributed by atoms with Gasteiger partial charge in [0.15, 0.2) is 0 Å². The molecule has 0 spiro atoms. The highest BCUT2D eigenvalue weighted by atomic mass is 15.0. The summed E-state index contributed by atoms with van der Waals surface area (Å²) in [6.45, 7) is 9.59. The number of benzene rings is 5. The molecule has 37 heavy (non-hydrogen) atoms. The Morgan fingerprint density at radius 1 is 0.486 bits per heavy atom. The summed E-state index contributed by atoms with van der Waals surface area (Å²) in [4.78, 5) is 0. The van der Waals surface area contributed by atoms with Crippen LogP contribution in [0.5, 0.6) is 0 Å². The van der Waals surface area contributed by atoms with E-state index >= 15 is 0 Å². The van der Waals surface area contributed by atoms with Gasteiger partial charge in [-0.25, -0.2) is 0 Å². The monoisotopic (exact) mass is 475 g/mol. The van der Waals surface area contributed by atoms with Crippen molar-refractivity contribution in [3.8, 4) is 27.9 Å². The second-order valence-electron chi connectivity index (χ2n) is 11.8. The van der Waals surface area contributed by atoms with Crippen molar-refractivity contribution in [1.82, 2.24) is 4.57 Å². The summed E-state index contributed by atoms with van der Waals surface area (Å²) in [6.07, 6.45) is 0. The van der Waals surface area contributed by atoms with Gasteiger partial charge in [0.05, 0.1) is 11.0 Å². The molecule has 0 aliphatic heterocycles. The molecule has 0 N–H and O–H groups in total. The largest absolute Gasteiger partial charge is 0.309 e. The Kier molecular flexibility index (Phi) is 3.87. The zero-order valence-electron chi connectivity index (χ0n) is 21.8. The van der Waals surface area contributed by atoms with Crippen LogP contribution in [0.25, 0.3) is 49.7 Å². The van der Waals surface area contributed by atoms with Crippen LogP contribution in [0.3, 0.4) is 0 Å². The highest BCUT2D eigenvalue weighted by Gasteiger charge is 2.44. The predicted octanol–water partition coefficient (Wildman–Crippen LogP) is 9.40. The van der Waals surface area contributed by atoms with Crippen LogP contribution in [0.2, 0.25) is 0 Å². The van der Waals surface area contributed by atoms with Gasteiger partial charge in [-0.1, -0.05) is 113 Å². The van der Waals surface area contributed by atoms with Crippen LogP contribution in [0.15, 0.2) is 103 Å². The molecule has 0 bridgehead atoms. The first kappa shape index (κ1) is 21.0. The van der Waals surface area contributed by atoms with Gasteiger partial charge >= 0.3 is 0 Å². The maximum absolute atomic E-state index is 2.50. The minimum Gasteiger partial charge on any atom is -0.309 e. The highest BCUT2D eigenvalue weighted by molar-refractivity contribution is 6.14. The number of nitrogens with zero attached hydrogens (tertiary/aromatic N) is 1. The Labute approximate surface area is 218 Å². The van der Waals surface area contributed by atoms with Crippen LogP contribution in [-0.2, 0) is 10.8 Å². The van der Waals surface area contributed by atoms with Crippen LogP contribution in [-0.4, -0.2) is 4.57 Å². The van der Waals surface area contributed by atoms with Crippen molar-refractivity contribution in [3.63, 3.8) is 0 Å². The molecule has 5 aromatic carbocycles. The van der Waals surface area contributed by atoms with Gasteiger partial charge in [-0.2, -0.15) is 0 Å². The molecule has 2 aliphatic carbocycles. The van der Waals surface area contributed by atoms with Crippen LogP contribution >= 0.6 is 0 Å². The maximum Gasteiger partial charge on any atom is 0.0588 e. The van der Waals surface area contributed by atoms with E-state index in [2.05, 4.69) is 135 Å². The molecule has 1 heterocycles. The number of hydrogen-bond donors (Lipinski definition) is 0. The topological polar surface area (TPSA) is 4.93 Å². The Morgan fingerprint density at radius 2 is 1.14 bits per heavy atom. The van der Waals surface area contributed by atoms with Crippen LogP contribution < -0.4 is 0 Å². The van der Waals surface area contributed by atoms with Gasteiger partial charge in [0.2, 0.25) is 0 Å². The SMILES string of the molecule is CC1(C)c2ccccc2-c2c1ccc1c2-c2ccc3c4ccccc4n(-c4ccccc4)c3c2C1(C)C. The Bertz CT molecular complexity index is 1910. The number of aromatic nitrogens is 1. The second kappa shape index (κ2) is 6.81. The van der Waals surface area contributed by atoms with E-state index in [0.29, 0.717) is 0 Å². The summed E-state index contributed by atoms with van der Waals surface area (Å²) < 4.78 is 2.50. The lowest BCUT2D eigenvalue weighted by molar-refractivity contribution is 0.652. The highest BCUT2D eigenvalue weighted by Crippen LogP contribution is 2.60. The van der Waals surface area contributed by atoms with Gasteiger partial charge in [-0.3, -0.25) is 0 Å². The van der Waals surface area contributed by atoms with Gasteiger partial charge in [-0.15, -0.1) is 0 Å². The number of rotatable bonds is 1. The van der Waals surface area contributed by atoms with Crippen molar-refractivity contribution < 1.29 is 0 Å². The van der Waals surface area contributed by atoms with Crippen LogP contribution in [0.1, 0.15) is 49.9 Å². The van der Waals surface area contributed by atoms with E-state index in [9.17, 15) is 0 Å². The first-order chi connectivity index (χ1) is 17.9. The molecule has 6 aromatic rings. The second-order valence-corrected chi connectivity index (χ2v) is 11.8. The Morgan fingerprint density at radius 3 is 1.95 bits per heavy atom. The Hall–Kier alpha value is -4.10. The third-order valence-corrected chi connectivity index (χ3v) is 9.17. The van der Waals surface area contributed by atoms with Crippen molar-refractivity contribution >= 4 is 21.8 Å². The zero-order chi connectivity index (χ0) is 25.1. The van der Waals surface area contributed by atoms with Crippen molar-refractivity contribution in [2.24, 2.45) is 0 Å². The van der Waals surface area contributed by atoms with Gasteiger partial charge in [0.25, 0.3) is 0 Å². The smallest absolute Gasteiger partial charge is 0.0588 e. The molecule has 2 aliphatic rings. The lowest BCUT2D eigenvalue weighted by atomic mass is 9.79. The Balaban J connectivity index is 1.56. The third-order valence-electron chi connectivity index (χ3n) is 9.17. The molecular formula is C36H29N. The van der Waals surface area contributed by atoms with Crippen molar-refractivity contribution in [2.45, 2.75) is 38.5 Å². The number of para-hydroxylation sites is 2. The molecule has 8 rings (SSSR count). The molecule has 1 heteroatoms. The normalized spacial score (nSPS) is 16.0. The lowest BCUT2D eigenvalue weighted by Gasteiger charge is -2.25. The summed E-state index contributed by atoms with van der Waals surface area (Å²) in [7, 11) is 0. The molecular weight excluding hydrogens is 446 g/mol. The van der Waals surface area contributed by atoms with Gasteiger partial charge in [0, 0.05) is 27.3 Å². The quantitative estimate of drug-likeness (QED) is 0.223. The first-order valence-electron chi connectivity index (χ1n) is 13.3. The summed E-state index contributed by atoms with van der Waals surface area (Å²) in [6, 6.07) is 38.3. The van der Waals surface area contributed by atoms with Crippen LogP contribution in [0, 0.1) is 0 Å². The molecule has 1 nitrogen and oxygen atoms in total. The average Bonchev–Trinajstić information content (AvgIpc) is 3.46. The fraction of sp³-hybridized carbons (Fsp3) is 0.167. The average molecular weight is 476 g/mol. The number of hydrogen-bond acceptors (Lipinski definition) is 0. The van der Waals surface area contributed by atoms with E-state index in [-0.39, 0.29) is 10.8 Å². The maximum atomic E-state index is 2.50. The summed E-state index contributed by atoms with van der Waals surface area (Å²) in [5.41, 5.74) is 15.1. The van der Waals surface area contributed by atoms with E-state index in [4.69, 9.17) is 0 Å². The van der Waals surface area contributed by atoms with Crippen molar-refractivity contribution in [3.05, 3.63) is 125 Å².